The molecular weight excluding hydrogens is 340 g/mol. The lowest BCUT2D eigenvalue weighted by Gasteiger charge is -2.17. The average Bonchev–Trinajstić information content (AvgIpc) is 2.67. The first kappa shape index (κ1) is 20.6. The largest absolute Gasteiger partial charge is 0.493 e. The molecule has 0 spiro atoms. The summed E-state index contributed by atoms with van der Waals surface area (Å²) in [5.41, 5.74) is 8.63. The highest BCUT2D eigenvalue weighted by atomic mass is 16.5. The van der Waals surface area contributed by atoms with Gasteiger partial charge < -0.3 is 20.5 Å². The third-order valence-electron chi connectivity index (χ3n) is 4.50. The maximum absolute atomic E-state index is 12.3. The van der Waals surface area contributed by atoms with Crippen molar-refractivity contribution < 1.29 is 14.3 Å². The van der Waals surface area contributed by atoms with E-state index >= 15 is 0 Å². The molecular formula is C22H30N2O3. The second kappa shape index (κ2) is 10.5. The van der Waals surface area contributed by atoms with Crippen LogP contribution in [0.5, 0.6) is 11.5 Å². The van der Waals surface area contributed by atoms with Crippen LogP contribution in [0.15, 0.2) is 42.5 Å². The van der Waals surface area contributed by atoms with Crippen LogP contribution in [0.25, 0.3) is 0 Å². The van der Waals surface area contributed by atoms with Gasteiger partial charge in [0.1, 0.15) is 0 Å². The Hall–Kier alpha value is -2.69. The zero-order valence-corrected chi connectivity index (χ0v) is 16.5. The monoisotopic (exact) mass is 370 g/mol. The topological polar surface area (TPSA) is 73.6 Å². The van der Waals surface area contributed by atoms with Crippen molar-refractivity contribution in [3.8, 4) is 11.5 Å². The number of hydrogen-bond acceptors (Lipinski definition) is 4. The molecule has 1 unspecified atom stereocenters. The minimum atomic E-state index is -0.121. The number of aryl methyl sites for hydroxylation is 1. The highest BCUT2D eigenvalue weighted by molar-refractivity contribution is 5.77. The normalized spacial score (nSPS) is 11.7. The van der Waals surface area contributed by atoms with Gasteiger partial charge in [-0.05, 0) is 49.1 Å². The van der Waals surface area contributed by atoms with Crippen LogP contribution in [0, 0.1) is 0 Å². The molecule has 5 nitrogen and oxygen atoms in total. The van der Waals surface area contributed by atoms with Gasteiger partial charge in [-0.1, -0.05) is 37.6 Å². The third-order valence-corrected chi connectivity index (χ3v) is 4.50. The van der Waals surface area contributed by atoms with E-state index in [2.05, 4.69) is 12.2 Å². The molecule has 1 atom stereocenters. The molecule has 0 aliphatic heterocycles. The van der Waals surface area contributed by atoms with E-state index in [1.54, 1.807) is 7.11 Å². The number of carbonyl (C=O) groups excluding carboxylic acids is 1. The predicted molar refractivity (Wildman–Crippen MR) is 109 cm³/mol. The molecule has 0 aromatic heterocycles. The molecule has 0 bridgehead atoms. The van der Waals surface area contributed by atoms with Crippen LogP contribution in [0.3, 0.4) is 0 Å². The Labute approximate surface area is 161 Å². The van der Waals surface area contributed by atoms with Crippen molar-refractivity contribution in [3.05, 3.63) is 53.6 Å². The van der Waals surface area contributed by atoms with Crippen molar-refractivity contribution in [1.29, 1.82) is 0 Å². The Morgan fingerprint density at radius 1 is 1.19 bits per heavy atom. The molecule has 146 valence electrons. The third kappa shape index (κ3) is 6.20. The van der Waals surface area contributed by atoms with E-state index in [1.807, 2.05) is 49.4 Å². The standard InChI is InChI=1S/C22H30N2O3/c1-4-5-14-27-20-12-10-18(15-21(20)26-3)16(2)24-22(25)13-11-17-8-6-7-9-19(17)23/h6-10,12,15-16H,4-5,11,13-14,23H2,1-3H3,(H,24,25). The van der Waals surface area contributed by atoms with Crippen LogP contribution in [-0.4, -0.2) is 19.6 Å². The second-order valence-corrected chi connectivity index (χ2v) is 6.60. The lowest BCUT2D eigenvalue weighted by Crippen LogP contribution is -2.26. The van der Waals surface area contributed by atoms with Crippen LogP contribution >= 0.6 is 0 Å². The number of unbranched alkanes of at least 4 members (excludes halogenated alkanes) is 1. The van der Waals surface area contributed by atoms with Crippen molar-refractivity contribution in [2.24, 2.45) is 0 Å². The Bertz CT molecular complexity index is 746. The number of carbonyl (C=O) groups is 1. The fraction of sp³-hybridized carbons (Fsp3) is 0.409. The maximum atomic E-state index is 12.3. The molecule has 0 fully saturated rings. The van der Waals surface area contributed by atoms with E-state index in [4.69, 9.17) is 15.2 Å². The summed E-state index contributed by atoms with van der Waals surface area (Å²) >= 11 is 0. The summed E-state index contributed by atoms with van der Waals surface area (Å²) in [6.07, 6.45) is 3.11. The molecule has 0 aliphatic carbocycles. The Morgan fingerprint density at radius 2 is 1.96 bits per heavy atom. The zero-order chi connectivity index (χ0) is 19.6. The van der Waals surface area contributed by atoms with Crippen LogP contribution in [-0.2, 0) is 11.2 Å². The van der Waals surface area contributed by atoms with E-state index in [-0.39, 0.29) is 11.9 Å². The van der Waals surface area contributed by atoms with Gasteiger partial charge in [-0.15, -0.1) is 0 Å². The van der Waals surface area contributed by atoms with Crippen LogP contribution in [0.2, 0.25) is 0 Å². The van der Waals surface area contributed by atoms with Crippen LogP contribution < -0.4 is 20.5 Å². The van der Waals surface area contributed by atoms with Crippen molar-refractivity contribution in [2.45, 2.75) is 45.6 Å². The molecule has 2 aromatic rings. The lowest BCUT2D eigenvalue weighted by atomic mass is 10.1. The predicted octanol–water partition coefficient (Wildman–Crippen LogP) is 4.27. The molecule has 0 aliphatic rings. The number of ether oxygens (including phenoxy) is 2. The number of methoxy groups -OCH3 is 1. The number of hydrogen-bond donors (Lipinski definition) is 2. The molecule has 0 saturated heterocycles. The van der Waals surface area contributed by atoms with Crippen LogP contribution in [0.1, 0.15) is 50.3 Å². The summed E-state index contributed by atoms with van der Waals surface area (Å²) in [4.78, 5) is 12.3. The number of para-hydroxylation sites is 1. The minimum Gasteiger partial charge on any atom is -0.493 e. The number of amides is 1. The summed E-state index contributed by atoms with van der Waals surface area (Å²) < 4.78 is 11.2. The van der Waals surface area contributed by atoms with Gasteiger partial charge in [0, 0.05) is 12.1 Å². The number of benzene rings is 2. The van der Waals surface area contributed by atoms with Gasteiger partial charge in [-0.25, -0.2) is 0 Å². The van der Waals surface area contributed by atoms with Gasteiger partial charge in [-0.3, -0.25) is 4.79 Å². The van der Waals surface area contributed by atoms with Crippen molar-refractivity contribution >= 4 is 11.6 Å². The Kier molecular flexibility index (Phi) is 7.99. The first-order valence-corrected chi connectivity index (χ1v) is 9.48. The van der Waals surface area contributed by atoms with Crippen molar-refractivity contribution in [3.63, 3.8) is 0 Å². The summed E-state index contributed by atoms with van der Waals surface area (Å²) in [6.45, 7) is 4.75. The van der Waals surface area contributed by atoms with Gasteiger partial charge >= 0.3 is 0 Å². The van der Waals surface area contributed by atoms with E-state index in [0.29, 0.717) is 25.2 Å². The molecule has 2 aromatic carbocycles. The molecule has 0 heterocycles. The number of anilines is 1. The molecule has 2 rings (SSSR count). The highest BCUT2D eigenvalue weighted by Gasteiger charge is 2.13. The van der Waals surface area contributed by atoms with Crippen molar-refractivity contribution in [1.82, 2.24) is 5.32 Å². The first-order chi connectivity index (χ1) is 13.0. The fourth-order valence-corrected chi connectivity index (χ4v) is 2.81. The van der Waals surface area contributed by atoms with E-state index in [0.717, 1.165) is 35.4 Å². The minimum absolute atomic E-state index is 0.00649. The number of nitrogens with two attached hydrogens (primary N) is 1. The van der Waals surface area contributed by atoms with Gasteiger partial charge in [0.05, 0.1) is 19.8 Å². The quantitative estimate of drug-likeness (QED) is 0.484. The lowest BCUT2D eigenvalue weighted by molar-refractivity contribution is -0.121. The van der Waals surface area contributed by atoms with Crippen LogP contribution in [0.4, 0.5) is 5.69 Å². The molecule has 0 radical (unpaired) electrons. The van der Waals surface area contributed by atoms with Gasteiger partial charge in [0.25, 0.3) is 0 Å². The smallest absolute Gasteiger partial charge is 0.220 e. The summed E-state index contributed by atoms with van der Waals surface area (Å²) in [7, 11) is 1.62. The highest BCUT2D eigenvalue weighted by Crippen LogP contribution is 2.30. The Morgan fingerprint density at radius 3 is 2.67 bits per heavy atom. The number of nitrogen functional groups attached to an aromatic ring is 1. The first-order valence-electron chi connectivity index (χ1n) is 9.48. The summed E-state index contributed by atoms with van der Waals surface area (Å²) in [5, 5.41) is 3.03. The van der Waals surface area contributed by atoms with Gasteiger partial charge in [0.15, 0.2) is 11.5 Å². The number of rotatable bonds is 10. The summed E-state index contributed by atoms with van der Waals surface area (Å²) in [6, 6.07) is 13.3. The molecule has 3 N–H and O–H groups in total. The molecule has 1 amide bonds. The zero-order valence-electron chi connectivity index (χ0n) is 16.5. The van der Waals surface area contributed by atoms with Gasteiger partial charge in [0.2, 0.25) is 5.91 Å². The van der Waals surface area contributed by atoms with E-state index in [9.17, 15) is 4.79 Å². The molecule has 0 saturated carbocycles. The molecule has 27 heavy (non-hydrogen) atoms. The second-order valence-electron chi connectivity index (χ2n) is 6.60. The maximum Gasteiger partial charge on any atom is 0.220 e. The van der Waals surface area contributed by atoms with E-state index in [1.165, 1.54) is 0 Å². The fourth-order valence-electron chi connectivity index (χ4n) is 2.81. The van der Waals surface area contributed by atoms with Crippen molar-refractivity contribution in [2.75, 3.05) is 19.5 Å². The van der Waals surface area contributed by atoms with E-state index < -0.39 is 0 Å². The van der Waals surface area contributed by atoms with Gasteiger partial charge in [-0.2, -0.15) is 0 Å². The average molecular weight is 370 g/mol. The molecule has 5 heteroatoms. The number of nitrogens with one attached hydrogen (secondary N) is 1. The SMILES string of the molecule is CCCCOc1ccc(C(C)NC(=O)CCc2ccccc2N)cc1OC. The Balaban J connectivity index is 1.93. The summed E-state index contributed by atoms with van der Waals surface area (Å²) in [5.74, 6) is 1.41.